The van der Waals surface area contributed by atoms with Crippen LogP contribution in [0, 0.1) is 0 Å². The van der Waals surface area contributed by atoms with Crippen LogP contribution in [0.15, 0.2) is 45.8 Å². The molecule has 4 rings (SSSR count). The largest absolute Gasteiger partial charge is 0.319 e. The fraction of sp³-hybridized carbons (Fsp3) is 0.350. The second-order valence-electron chi connectivity index (χ2n) is 7.95. The lowest BCUT2D eigenvalue weighted by atomic mass is 9.82. The van der Waals surface area contributed by atoms with Crippen molar-refractivity contribution in [2.45, 2.75) is 44.9 Å². The van der Waals surface area contributed by atoms with Gasteiger partial charge in [0.05, 0.1) is 5.52 Å². The molecule has 0 aliphatic heterocycles. The standard InChI is InChI=1S/C20H20BrNO/c1-19(2)11-20(3,4)18-17(19)16(23)10-15-13-6-5-7-14(21)12(13)8-9-22(15)18/h5-10H,11H2,1-4H3. The Bertz CT molecular complexity index is 1030. The van der Waals surface area contributed by atoms with Crippen LogP contribution >= 0.6 is 15.9 Å². The number of aromatic nitrogens is 1. The Kier molecular flexibility index (Phi) is 2.91. The lowest BCUT2D eigenvalue weighted by molar-refractivity contribution is 0.397. The second-order valence-corrected chi connectivity index (χ2v) is 8.80. The molecular weight excluding hydrogens is 350 g/mol. The van der Waals surface area contributed by atoms with Crippen molar-refractivity contribution in [2.75, 3.05) is 0 Å². The smallest absolute Gasteiger partial charge is 0.186 e. The molecule has 3 aromatic rings. The van der Waals surface area contributed by atoms with Crippen LogP contribution in [0.25, 0.3) is 16.3 Å². The van der Waals surface area contributed by atoms with Crippen molar-refractivity contribution in [2.24, 2.45) is 0 Å². The van der Waals surface area contributed by atoms with E-state index >= 15 is 0 Å². The van der Waals surface area contributed by atoms with E-state index in [1.165, 1.54) is 5.69 Å². The third-order valence-electron chi connectivity index (χ3n) is 5.17. The van der Waals surface area contributed by atoms with Gasteiger partial charge in [0.1, 0.15) is 0 Å². The molecule has 0 fully saturated rings. The van der Waals surface area contributed by atoms with Crippen LogP contribution < -0.4 is 5.43 Å². The highest BCUT2D eigenvalue weighted by Gasteiger charge is 2.45. The first-order valence-corrected chi connectivity index (χ1v) is 8.79. The van der Waals surface area contributed by atoms with Gasteiger partial charge in [0, 0.05) is 38.8 Å². The maximum Gasteiger partial charge on any atom is 0.186 e. The number of nitrogens with zero attached hydrogens (tertiary/aromatic N) is 1. The first-order chi connectivity index (χ1) is 10.7. The quantitative estimate of drug-likeness (QED) is 0.500. The summed E-state index contributed by atoms with van der Waals surface area (Å²) in [5, 5.41) is 2.25. The highest BCUT2D eigenvalue weighted by molar-refractivity contribution is 9.10. The molecule has 23 heavy (non-hydrogen) atoms. The number of hydrogen-bond acceptors (Lipinski definition) is 1. The predicted octanol–water partition coefficient (Wildman–Crippen LogP) is 5.17. The second kappa shape index (κ2) is 4.47. The normalized spacial score (nSPS) is 18.5. The van der Waals surface area contributed by atoms with E-state index in [1.54, 1.807) is 0 Å². The van der Waals surface area contributed by atoms with Gasteiger partial charge in [-0.05, 0) is 29.4 Å². The molecule has 1 aliphatic carbocycles. The van der Waals surface area contributed by atoms with Crippen molar-refractivity contribution in [3.63, 3.8) is 0 Å². The van der Waals surface area contributed by atoms with Crippen molar-refractivity contribution >= 4 is 32.2 Å². The van der Waals surface area contributed by atoms with Crippen molar-refractivity contribution in [1.82, 2.24) is 4.40 Å². The summed E-state index contributed by atoms with van der Waals surface area (Å²) in [6.45, 7) is 8.87. The number of rotatable bonds is 0. The van der Waals surface area contributed by atoms with Crippen LogP contribution in [-0.4, -0.2) is 4.40 Å². The minimum absolute atomic E-state index is 0.0120. The Hall–Kier alpha value is -1.61. The SMILES string of the molecule is CC1(C)CC(C)(C)c2c1c(=O)cc1c3cccc(Br)c3ccn21. The van der Waals surface area contributed by atoms with Crippen molar-refractivity contribution < 1.29 is 0 Å². The minimum Gasteiger partial charge on any atom is -0.319 e. The summed E-state index contributed by atoms with van der Waals surface area (Å²) in [4.78, 5) is 12.9. The Balaban J connectivity index is 2.27. The summed E-state index contributed by atoms with van der Waals surface area (Å²) < 4.78 is 3.30. The van der Waals surface area contributed by atoms with Gasteiger partial charge in [0.15, 0.2) is 5.43 Å². The highest BCUT2D eigenvalue weighted by Crippen LogP contribution is 2.48. The first kappa shape index (κ1) is 14.9. The number of hydrogen-bond donors (Lipinski definition) is 0. The van der Waals surface area contributed by atoms with Gasteiger partial charge in [-0.1, -0.05) is 55.8 Å². The molecule has 3 heteroatoms. The molecule has 0 amide bonds. The molecule has 1 aromatic carbocycles. The predicted molar refractivity (Wildman–Crippen MR) is 99.5 cm³/mol. The Morgan fingerprint density at radius 3 is 2.52 bits per heavy atom. The topological polar surface area (TPSA) is 21.5 Å². The lowest BCUT2D eigenvalue weighted by Crippen LogP contribution is -2.23. The minimum atomic E-state index is -0.0800. The van der Waals surface area contributed by atoms with Crippen LogP contribution in [-0.2, 0) is 10.8 Å². The summed E-state index contributed by atoms with van der Waals surface area (Å²) in [5.74, 6) is 0. The molecule has 0 N–H and O–H groups in total. The maximum absolute atomic E-state index is 12.9. The lowest BCUT2D eigenvalue weighted by Gasteiger charge is -2.23. The van der Waals surface area contributed by atoms with Gasteiger partial charge in [-0.3, -0.25) is 4.79 Å². The third-order valence-corrected chi connectivity index (χ3v) is 5.86. The highest BCUT2D eigenvalue weighted by atomic mass is 79.9. The van der Waals surface area contributed by atoms with E-state index < -0.39 is 0 Å². The van der Waals surface area contributed by atoms with E-state index in [0.29, 0.717) is 0 Å². The number of benzene rings is 1. The van der Waals surface area contributed by atoms with Gasteiger partial charge < -0.3 is 4.40 Å². The van der Waals surface area contributed by atoms with Crippen LogP contribution in [0.2, 0.25) is 0 Å². The third kappa shape index (κ3) is 1.96. The zero-order chi connectivity index (χ0) is 16.6. The molecule has 2 aromatic heterocycles. The van der Waals surface area contributed by atoms with Crippen LogP contribution in [0.4, 0.5) is 0 Å². The van der Waals surface area contributed by atoms with Gasteiger partial charge in [-0.25, -0.2) is 0 Å². The molecule has 0 unspecified atom stereocenters. The maximum atomic E-state index is 12.9. The van der Waals surface area contributed by atoms with Crippen molar-refractivity contribution in [1.29, 1.82) is 0 Å². The van der Waals surface area contributed by atoms with E-state index in [-0.39, 0.29) is 16.3 Å². The van der Waals surface area contributed by atoms with Crippen LogP contribution in [0.1, 0.15) is 45.4 Å². The average molecular weight is 370 g/mol. The molecular formula is C20H20BrNO. The van der Waals surface area contributed by atoms with Gasteiger partial charge in [0.2, 0.25) is 0 Å². The zero-order valence-corrected chi connectivity index (χ0v) is 15.5. The molecule has 0 saturated carbocycles. The van der Waals surface area contributed by atoms with E-state index in [9.17, 15) is 4.79 Å². The van der Waals surface area contributed by atoms with Crippen LogP contribution in [0.3, 0.4) is 0 Å². The Morgan fingerprint density at radius 2 is 1.78 bits per heavy atom. The van der Waals surface area contributed by atoms with Gasteiger partial charge >= 0.3 is 0 Å². The molecule has 2 nitrogen and oxygen atoms in total. The monoisotopic (exact) mass is 369 g/mol. The van der Waals surface area contributed by atoms with Gasteiger partial charge in [0.25, 0.3) is 0 Å². The molecule has 0 bridgehead atoms. The van der Waals surface area contributed by atoms with Gasteiger partial charge in [-0.15, -0.1) is 0 Å². The molecule has 2 heterocycles. The summed E-state index contributed by atoms with van der Waals surface area (Å²) in [7, 11) is 0. The molecule has 0 spiro atoms. The number of pyridine rings is 2. The van der Waals surface area contributed by atoms with E-state index in [4.69, 9.17) is 0 Å². The van der Waals surface area contributed by atoms with Crippen molar-refractivity contribution in [3.05, 3.63) is 62.5 Å². The summed E-state index contributed by atoms with van der Waals surface area (Å²) in [5.41, 5.74) is 3.23. The van der Waals surface area contributed by atoms with Crippen LogP contribution in [0.5, 0.6) is 0 Å². The first-order valence-electron chi connectivity index (χ1n) is 8.00. The summed E-state index contributed by atoms with van der Waals surface area (Å²) in [6.07, 6.45) is 3.11. The number of fused-ring (bicyclic) bond motifs is 5. The molecule has 0 radical (unpaired) electrons. The number of halogens is 1. The van der Waals surface area contributed by atoms with E-state index in [1.807, 2.05) is 18.2 Å². The fourth-order valence-corrected chi connectivity index (χ4v) is 5.16. The summed E-state index contributed by atoms with van der Waals surface area (Å²) >= 11 is 3.62. The molecule has 0 atom stereocenters. The van der Waals surface area contributed by atoms with Crippen molar-refractivity contribution in [3.8, 4) is 0 Å². The molecule has 1 aliphatic rings. The fourth-order valence-electron chi connectivity index (χ4n) is 4.66. The summed E-state index contributed by atoms with van der Waals surface area (Å²) in [6, 6.07) is 10.1. The zero-order valence-electron chi connectivity index (χ0n) is 13.9. The molecule has 0 saturated heterocycles. The Labute approximate surface area is 144 Å². The average Bonchev–Trinajstić information content (AvgIpc) is 2.65. The van der Waals surface area contributed by atoms with E-state index in [2.05, 4.69) is 66.4 Å². The van der Waals surface area contributed by atoms with Gasteiger partial charge in [-0.2, -0.15) is 0 Å². The van der Waals surface area contributed by atoms with E-state index in [0.717, 1.165) is 32.7 Å². The Morgan fingerprint density at radius 1 is 1.04 bits per heavy atom. The molecule has 118 valence electrons.